The standard InChI is InChI=1S/C59H88N2O10/c1-3-5-7-9-11-13-15-17-19-21-23-25-27-29-37-43-53(62)68-47-52(48-69-54(63)44-38-30-28-26-24-22-20-18-16-14-12-10-8-6-4-2)71-56(65)46-45-55(64)70-49-61-57(66)59(60-58(61)67,50-39-33-31-34-40-50)51-41-35-32-36-42-51/h17-20,31-36,39-42,52H,3-16,21-30,37-38,43-49H2,1-2H3,(H,60,67)/b19-17-,20-18-. The summed E-state index contributed by atoms with van der Waals surface area (Å²) in [7, 11) is 0. The quantitative estimate of drug-likeness (QED) is 0.0223. The number of carbonyl (C=O) groups is 6. The molecule has 3 rings (SSSR count). The van der Waals surface area contributed by atoms with Crippen LogP contribution in [0.15, 0.2) is 85.0 Å². The Morgan fingerprint density at radius 1 is 0.479 bits per heavy atom. The lowest BCUT2D eigenvalue weighted by atomic mass is 9.83. The number of hydrogen-bond donors (Lipinski definition) is 1. The number of amides is 3. The van der Waals surface area contributed by atoms with E-state index in [-0.39, 0.29) is 26.1 Å². The number of esters is 4. The highest BCUT2D eigenvalue weighted by Gasteiger charge is 2.54. The number of urea groups is 1. The highest BCUT2D eigenvalue weighted by Crippen LogP contribution is 2.36. The fraction of sp³-hybridized carbons (Fsp3) is 0.627. The highest BCUT2D eigenvalue weighted by molar-refractivity contribution is 6.09. The van der Waals surface area contributed by atoms with Gasteiger partial charge in [-0.15, -0.1) is 0 Å². The minimum absolute atomic E-state index is 0.218. The summed E-state index contributed by atoms with van der Waals surface area (Å²) in [6, 6.07) is 16.9. The highest BCUT2D eigenvalue weighted by atomic mass is 16.6. The van der Waals surface area contributed by atoms with E-state index in [1.54, 1.807) is 60.7 Å². The van der Waals surface area contributed by atoms with Gasteiger partial charge in [0.25, 0.3) is 5.91 Å². The first-order valence-electron chi connectivity index (χ1n) is 27.4. The summed E-state index contributed by atoms with van der Waals surface area (Å²) in [6.45, 7) is 3.20. The molecule has 1 N–H and O–H groups in total. The topological polar surface area (TPSA) is 155 Å². The Morgan fingerprint density at radius 2 is 0.845 bits per heavy atom. The van der Waals surface area contributed by atoms with Gasteiger partial charge in [-0.05, 0) is 75.3 Å². The lowest BCUT2D eigenvalue weighted by Gasteiger charge is -2.27. The van der Waals surface area contributed by atoms with E-state index in [2.05, 4.69) is 43.5 Å². The van der Waals surface area contributed by atoms with E-state index in [4.69, 9.17) is 18.9 Å². The summed E-state index contributed by atoms with van der Waals surface area (Å²) in [6.07, 6.45) is 37.5. The molecule has 2 aromatic carbocycles. The normalized spacial score (nSPS) is 13.3. The molecule has 0 atom stereocenters. The maximum Gasteiger partial charge on any atom is 0.328 e. The zero-order valence-electron chi connectivity index (χ0n) is 43.5. The number of ether oxygens (including phenoxy) is 4. The molecule has 0 unspecified atom stereocenters. The summed E-state index contributed by atoms with van der Waals surface area (Å²) in [5.41, 5.74) is -0.442. The van der Waals surface area contributed by atoms with Crippen LogP contribution in [-0.4, -0.2) is 66.8 Å². The number of nitrogens with one attached hydrogen (secondary N) is 1. The van der Waals surface area contributed by atoms with Crippen molar-refractivity contribution in [2.24, 2.45) is 0 Å². The SMILES string of the molecule is CCCCCCCC/C=C\CCCCCCCC(=O)OCC(COC(=O)CCCCCCC/C=C\CCCCCCCC)OC(=O)CCC(=O)OCN1C(=O)NC(c2ccccc2)(c2ccccc2)C1=O. The smallest absolute Gasteiger partial charge is 0.328 e. The molecule has 0 aromatic heterocycles. The zero-order valence-corrected chi connectivity index (χ0v) is 43.5. The van der Waals surface area contributed by atoms with Gasteiger partial charge in [0.15, 0.2) is 18.4 Å². The van der Waals surface area contributed by atoms with E-state index in [0.29, 0.717) is 24.0 Å². The van der Waals surface area contributed by atoms with Crippen LogP contribution >= 0.6 is 0 Å². The molecule has 1 saturated heterocycles. The predicted molar refractivity (Wildman–Crippen MR) is 280 cm³/mol. The third kappa shape index (κ3) is 25.6. The Hall–Kier alpha value is -5.26. The average molecular weight is 985 g/mol. The largest absolute Gasteiger partial charge is 0.462 e. The minimum Gasteiger partial charge on any atom is -0.462 e. The summed E-state index contributed by atoms with van der Waals surface area (Å²) in [4.78, 5) is 79.2. The Kier molecular flexibility index (Phi) is 32.5. The van der Waals surface area contributed by atoms with Gasteiger partial charge in [-0.2, -0.15) is 0 Å². The zero-order chi connectivity index (χ0) is 51.0. The average Bonchev–Trinajstić information content (AvgIpc) is 3.64. The van der Waals surface area contributed by atoms with Crippen LogP contribution in [0.1, 0.15) is 218 Å². The number of rotatable bonds is 42. The van der Waals surface area contributed by atoms with E-state index in [1.807, 2.05) is 0 Å². The van der Waals surface area contributed by atoms with Gasteiger partial charge in [-0.1, -0.05) is 202 Å². The lowest BCUT2D eigenvalue weighted by Crippen LogP contribution is -2.45. The van der Waals surface area contributed by atoms with Crippen LogP contribution in [0.2, 0.25) is 0 Å². The second kappa shape index (κ2) is 38.4. The molecule has 1 aliphatic rings. The summed E-state index contributed by atoms with van der Waals surface area (Å²) < 4.78 is 21.8. The third-order valence-electron chi connectivity index (χ3n) is 12.9. The van der Waals surface area contributed by atoms with Crippen molar-refractivity contribution in [2.75, 3.05) is 19.9 Å². The van der Waals surface area contributed by atoms with Gasteiger partial charge in [0.2, 0.25) is 0 Å². The minimum atomic E-state index is -1.52. The van der Waals surface area contributed by atoms with Crippen LogP contribution in [-0.2, 0) is 48.5 Å². The van der Waals surface area contributed by atoms with Gasteiger partial charge in [0, 0.05) is 12.8 Å². The van der Waals surface area contributed by atoms with E-state index >= 15 is 0 Å². The summed E-state index contributed by atoms with van der Waals surface area (Å²) >= 11 is 0. The van der Waals surface area contributed by atoms with Crippen molar-refractivity contribution in [2.45, 2.75) is 218 Å². The van der Waals surface area contributed by atoms with E-state index in [0.717, 1.165) is 81.9 Å². The van der Waals surface area contributed by atoms with Gasteiger partial charge in [-0.3, -0.25) is 24.0 Å². The van der Waals surface area contributed by atoms with Crippen LogP contribution in [0.4, 0.5) is 4.79 Å². The fourth-order valence-corrected chi connectivity index (χ4v) is 8.60. The molecule has 0 bridgehead atoms. The molecule has 0 radical (unpaired) electrons. The van der Waals surface area contributed by atoms with E-state index in [1.165, 1.54) is 77.0 Å². The van der Waals surface area contributed by atoms with Crippen molar-refractivity contribution in [3.63, 3.8) is 0 Å². The molecule has 0 saturated carbocycles. The Labute approximate surface area is 426 Å². The van der Waals surface area contributed by atoms with Gasteiger partial charge in [-0.25, -0.2) is 9.69 Å². The molecule has 0 aliphatic carbocycles. The number of unbranched alkanes of at least 4 members (excludes halogenated alkanes) is 22. The first kappa shape index (κ1) is 60.0. The molecule has 3 amide bonds. The predicted octanol–water partition coefficient (Wildman–Crippen LogP) is 13.8. The van der Waals surface area contributed by atoms with Crippen molar-refractivity contribution in [1.82, 2.24) is 10.2 Å². The number of imide groups is 1. The van der Waals surface area contributed by atoms with Crippen molar-refractivity contribution < 1.29 is 47.7 Å². The molecule has 71 heavy (non-hydrogen) atoms. The molecule has 12 nitrogen and oxygen atoms in total. The molecule has 2 aromatic rings. The van der Waals surface area contributed by atoms with Crippen molar-refractivity contribution >= 4 is 35.8 Å². The number of nitrogens with zero attached hydrogens (tertiary/aromatic N) is 1. The second-order valence-electron chi connectivity index (χ2n) is 18.9. The number of allylic oxidation sites excluding steroid dienone is 4. The van der Waals surface area contributed by atoms with Gasteiger partial charge in [0.05, 0.1) is 12.8 Å². The molecule has 1 aliphatic heterocycles. The van der Waals surface area contributed by atoms with Crippen molar-refractivity contribution in [3.05, 3.63) is 96.1 Å². The van der Waals surface area contributed by atoms with E-state index in [9.17, 15) is 28.8 Å². The van der Waals surface area contributed by atoms with Gasteiger partial charge in [0.1, 0.15) is 13.2 Å². The van der Waals surface area contributed by atoms with E-state index < -0.39 is 67.0 Å². The number of hydrogen-bond acceptors (Lipinski definition) is 10. The maximum absolute atomic E-state index is 13.9. The van der Waals surface area contributed by atoms with Crippen LogP contribution in [0.25, 0.3) is 0 Å². The third-order valence-corrected chi connectivity index (χ3v) is 12.9. The summed E-state index contributed by atoms with van der Waals surface area (Å²) in [5, 5.41) is 2.80. The second-order valence-corrected chi connectivity index (χ2v) is 18.9. The fourth-order valence-electron chi connectivity index (χ4n) is 8.60. The Balaban J connectivity index is 1.40. The monoisotopic (exact) mass is 985 g/mol. The molecule has 1 heterocycles. The van der Waals surface area contributed by atoms with Gasteiger partial charge < -0.3 is 24.3 Å². The van der Waals surface area contributed by atoms with Crippen molar-refractivity contribution in [1.29, 1.82) is 0 Å². The Morgan fingerprint density at radius 3 is 1.27 bits per heavy atom. The maximum atomic E-state index is 13.9. The van der Waals surface area contributed by atoms with Crippen LogP contribution in [0.3, 0.4) is 0 Å². The van der Waals surface area contributed by atoms with Crippen LogP contribution in [0, 0.1) is 0 Å². The molecule has 12 heteroatoms. The van der Waals surface area contributed by atoms with Crippen LogP contribution in [0.5, 0.6) is 0 Å². The number of carbonyl (C=O) groups excluding carboxylic acids is 6. The lowest BCUT2D eigenvalue weighted by molar-refractivity contribution is -0.167. The number of benzene rings is 2. The first-order chi connectivity index (χ1) is 34.7. The summed E-state index contributed by atoms with van der Waals surface area (Å²) in [5.74, 6) is -3.12. The van der Waals surface area contributed by atoms with Gasteiger partial charge >= 0.3 is 29.9 Å². The molecular weight excluding hydrogens is 897 g/mol. The first-order valence-corrected chi connectivity index (χ1v) is 27.4. The van der Waals surface area contributed by atoms with Crippen LogP contribution < -0.4 is 5.32 Å². The molecule has 394 valence electrons. The molecular formula is C59H88N2O10. The molecule has 0 spiro atoms. The molecule has 1 fully saturated rings. The van der Waals surface area contributed by atoms with Crippen molar-refractivity contribution in [3.8, 4) is 0 Å². The Bertz CT molecular complexity index is 1750.